The fourth-order valence-corrected chi connectivity index (χ4v) is 1.61. The quantitative estimate of drug-likeness (QED) is 0.600. The minimum atomic E-state index is -1.02. The molecule has 0 saturated carbocycles. The normalized spacial score (nSPS) is 10.9. The van der Waals surface area contributed by atoms with Crippen molar-refractivity contribution in [1.82, 2.24) is 10.2 Å². The number of nitrogens with one attached hydrogen (secondary N) is 1. The van der Waals surface area contributed by atoms with Crippen molar-refractivity contribution < 1.29 is 29.0 Å². The molecule has 0 aromatic rings. The maximum atomic E-state index is 12.1. The second-order valence-electron chi connectivity index (χ2n) is 5.10. The highest BCUT2D eigenvalue weighted by atomic mass is 16.5. The Morgan fingerprint density at radius 1 is 1.29 bits per heavy atom. The summed E-state index contributed by atoms with van der Waals surface area (Å²) in [7, 11) is 1.48. The van der Waals surface area contributed by atoms with Gasteiger partial charge in [-0.05, 0) is 20.8 Å². The third-order valence-corrected chi connectivity index (χ3v) is 2.52. The van der Waals surface area contributed by atoms with Gasteiger partial charge in [-0.1, -0.05) is 0 Å². The van der Waals surface area contributed by atoms with E-state index in [1.807, 2.05) is 0 Å². The van der Waals surface area contributed by atoms with Gasteiger partial charge in [0, 0.05) is 19.2 Å². The van der Waals surface area contributed by atoms with Gasteiger partial charge in [-0.15, -0.1) is 0 Å². The highest BCUT2D eigenvalue weighted by molar-refractivity contribution is 5.82. The van der Waals surface area contributed by atoms with E-state index in [1.54, 1.807) is 20.8 Å². The van der Waals surface area contributed by atoms with Crippen LogP contribution >= 0.6 is 0 Å². The zero-order chi connectivity index (χ0) is 16.5. The predicted octanol–water partition coefficient (Wildman–Crippen LogP) is 0.461. The molecule has 8 heteroatoms. The summed E-state index contributed by atoms with van der Waals surface area (Å²) in [4.78, 5) is 35.6. The molecule has 0 bridgehead atoms. The Morgan fingerprint density at radius 3 is 2.38 bits per heavy atom. The molecule has 2 amide bonds. The first-order valence-electron chi connectivity index (χ1n) is 6.65. The second kappa shape index (κ2) is 9.17. The zero-order valence-corrected chi connectivity index (χ0v) is 13.0. The van der Waals surface area contributed by atoms with Crippen LogP contribution in [-0.4, -0.2) is 66.9 Å². The molecule has 0 aromatic heterocycles. The lowest BCUT2D eigenvalue weighted by Crippen LogP contribution is -2.52. The smallest absolute Gasteiger partial charge is 0.325 e. The SMILES string of the molecule is CCOC(=O)CN(CCOC)C(=O)NC(C)(C)CC(=O)O. The number of hydrogen-bond donors (Lipinski definition) is 2. The van der Waals surface area contributed by atoms with Gasteiger partial charge in [-0.25, -0.2) is 4.79 Å². The summed E-state index contributed by atoms with van der Waals surface area (Å²) < 4.78 is 9.69. The van der Waals surface area contributed by atoms with Crippen LogP contribution in [0.5, 0.6) is 0 Å². The number of nitrogens with zero attached hydrogens (tertiary/aromatic N) is 1. The number of carboxylic acid groups (broad SMARTS) is 1. The average molecular weight is 304 g/mol. The first-order chi connectivity index (χ1) is 9.71. The van der Waals surface area contributed by atoms with E-state index in [0.29, 0.717) is 0 Å². The first-order valence-corrected chi connectivity index (χ1v) is 6.65. The molecule has 21 heavy (non-hydrogen) atoms. The van der Waals surface area contributed by atoms with E-state index in [0.717, 1.165) is 0 Å². The molecule has 0 unspecified atom stereocenters. The molecular weight excluding hydrogens is 280 g/mol. The van der Waals surface area contributed by atoms with Crippen LogP contribution < -0.4 is 5.32 Å². The molecule has 0 atom stereocenters. The molecule has 0 radical (unpaired) electrons. The van der Waals surface area contributed by atoms with Crippen molar-refractivity contribution in [3.63, 3.8) is 0 Å². The van der Waals surface area contributed by atoms with Crippen LogP contribution in [0.4, 0.5) is 4.79 Å². The number of carbonyl (C=O) groups excluding carboxylic acids is 2. The van der Waals surface area contributed by atoms with Crippen molar-refractivity contribution in [1.29, 1.82) is 0 Å². The van der Waals surface area contributed by atoms with Crippen molar-refractivity contribution in [2.75, 3.05) is 33.4 Å². The first kappa shape index (κ1) is 19.2. The number of carbonyl (C=O) groups is 3. The molecule has 8 nitrogen and oxygen atoms in total. The Labute approximate surface area is 124 Å². The topological polar surface area (TPSA) is 105 Å². The van der Waals surface area contributed by atoms with Crippen LogP contribution in [0.2, 0.25) is 0 Å². The molecule has 0 rings (SSSR count). The van der Waals surface area contributed by atoms with Crippen molar-refractivity contribution in [3.8, 4) is 0 Å². The average Bonchev–Trinajstić information content (AvgIpc) is 2.32. The maximum Gasteiger partial charge on any atom is 0.325 e. The Morgan fingerprint density at radius 2 is 1.90 bits per heavy atom. The zero-order valence-electron chi connectivity index (χ0n) is 13.0. The standard InChI is InChI=1S/C13H24N2O6/c1-5-21-11(18)9-15(6-7-20-4)12(19)14-13(2,3)8-10(16)17/h5-9H2,1-4H3,(H,14,19)(H,16,17). The van der Waals surface area contributed by atoms with Crippen LogP contribution in [0.1, 0.15) is 27.2 Å². The number of carboxylic acids is 1. The number of hydrogen-bond acceptors (Lipinski definition) is 5. The lowest BCUT2D eigenvalue weighted by Gasteiger charge is -2.29. The summed E-state index contributed by atoms with van der Waals surface area (Å²) in [5, 5.41) is 11.4. The number of rotatable bonds is 9. The summed E-state index contributed by atoms with van der Waals surface area (Å²) >= 11 is 0. The Balaban J connectivity index is 4.69. The molecule has 0 heterocycles. The summed E-state index contributed by atoms with van der Waals surface area (Å²) in [6.07, 6.45) is -0.226. The van der Waals surface area contributed by atoms with Crippen molar-refractivity contribution in [2.24, 2.45) is 0 Å². The Kier molecular flexibility index (Phi) is 8.37. The van der Waals surface area contributed by atoms with E-state index in [-0.39, 0.29) is 32.7 Å². The molecule has 0 fully saturated rings. The van der Waals surface area contributed by atoms with Crippen LogP contribution in [0, 0.1) is 0 Å². The maximum absolute atomic E-state index is 12.1. The van der Waals surface area contributed by atoms with Gasteiger partial charge in [0.2, 0.25) is 0 Å². The number of amides is 2. The third-order valence-electron chi connectivity index (χ3n) is 2.52. The van der Waals surface area contributed by atoms with E-state index in [9.17, 15) is 14.4 Å². The predicted molar refractivity (Wildman–Crippen MR) is 74.9 cm³/mol. The minimum absolute atomic E-state index is 0.199. The fourth-order valence-electron chi connectivity index (χ4n) is 1.61. The summed E-state index contributed by atoms with van der Waals surface area (Å²) in [6.45, 7) is 5.33. The molecule has 122 valence electrons. The Hall–Kier alpha value is -1.83. The van der Waals surface area contributed by atoms with Crippen LogP contribution in [-0.2, 0) is 19.1 Å². The largest absolute Gasteiger partial charge is 0.481 e. The van der Waals surface area contributed by atoms with Gasteiger partial charge >= 0.3 is 18.0 Å². The van der Waals surface area contributed by atoms with Gasteiger partial charge in [0.25, 0.3) is 0 Å². The van der Waals surface area contributed by atoms with Crippen LogP contribution in [0.3, 0.4) is 0 Å². The van der Waals surface area contributed by atoms with Gasteiger partial charge in [0.1, 0.15) is 6.54 Å². The fraction of sp³-hybridized carbons (Fsp3) is 0.769. The van der Waals surface area contributed by atoms with E-state index in [4.69, 9.17) is 14.6 Å². The molecule has 0 aromatic carbocycles. The monoisotopic (exact) mass is 304 g/mol. The molecule has 0 saturated heterocycles. The number of methoxy groups -OCH3 is 1. The van der Waals surface area contributed by atoms with Crippen molar-refractivity contribution in [2.45, 2.75) is 32.7 Å². The van der Waals surface area contributed by atoms with Crippen LogP contribution in [0.25, 0.3) is 0 Å². The molecule has 0 aliphatic rings. The summed E-state index contributed by atoms with van der Waals surface area (Å²) in [6, 6.07) is -0.536. The number of ether oxygens (including phenoxy) is 2. The third kappa shape index (κ3) is 8.85. The van der Waals surface area contributed by atoms with E-state index in [2.05, 4.69) is 5.32 Å². The van der Waals surface area contributed by atoms with E-state index < -0.39 is 23.5 Å². The molecule has 2 N–H and O–H groups in total. The number of esters is 1. The Bertz CT molecular complexity index is 370. The summed E-state index contributed by atoms with van der Waals surface area (Å²) in [5.74, 6) is -1.55. The van der Waals surface area contributed by atoms with E-state index >= 15 is 0 Å². The highest BCUT2D eigenvalue weighted by Crippen LogP contribution is 2.09. The molecular formula is C13H24N2O6. The number of urea groups is 1. The highest BCUT2D eigenvalue weighted by Gasteiger charge is 2.27. The van der Waals surface area contributed by atoms with E-state index in [1.165, 1.54) is 12.0 Å². The van der Waals surface area contributed by atoms with Gasteiger partial charge in [-0.2, -0.15) is 0 Å². The molecule has 0 aliphatic carbocycles. The second-order valence-corrected chi connectivity index (χ2v) is 5.10. The van der Waals surface area contributed by atoms with Gasteiger partial charge < -0.3 is 24.8 Å². The summed E-state index contributed by atoms with van der Waals surface area (Å²) in [5.41, 5.74) is -0.928. The molecule has 0 aliphatic heterocycles. The number of aliphatic carboxylic acids is 1. The van der Waals surface area contributed by atoms with Crippen molar-refractivity contribution in [3.05, 3.63) is 0 Å². The lowest BCUT2D eigenvalue weighted by molar-refractivity contribution is -0.144. The van der Waals surface area contributed by atoms with Gasteiger partial charge in [0.15, 0.2) is 0 Å². The lowest BCUT2D eigenvalue weighted by atomic mass is 10.0. The van der Waals surface area contributed by atoms with Gasteiger partial charge in [-0.3, -0.25) is 9.59 Å². The van der Waals surface area contributed by atoms with Gasteiger partial charge in [0.05, 0.1) is 19.6 Å². The minimum Gasteiger partial charge on any atom is -0.481 e. The molecule has 0 spiro atoms. The van der Waals surface area contributed by atoms with Crippen molar-refractivity contribution >= 4 is 18.0 Å². The van der Waals surface area contributed by atoms with Crippen LogP contribution in [0.15, 0.2) is 0 Å².